The van der Waals surface area contributed by atoms with Gasteiger partial charge in [0.25, 0.3) is 0 Å². The molecule has 0 fully saturated rings. The predicted octanol–water partition coefficient (Wildman–Crippen LogP) is 4.16. The number of nitrogens with zero attached hydrogens (tertiary/aromatic N) is 2. The molecule has 2 rings (SSSR count). The summed E-state index contributed by atoms with van der Waals surface area (Å²) in [4.78, 5) is 4.03. The Balaban J connectivity index is 2.33. The van der Waals surface area contributed by atoms with Crippen molar-refractivity contribution in [2.45, 2.75) is 25.7 Å². The molecule has 0 aliphatic carbocycles. The Labute approximate surface area is 108 Å². The lowest BCUT2D eigenvalue weighted by Gasteiger charge is -2.13. The maximum absolute atomic E-state index is 8.86. The van der Waals surface area contributed by atoms with Gasteiger partial charge in [0.05, 0.1) is 6.07 Å². The Morgan fingerprint density at radius 1 is 1.17 bits per heavy atom. The van der Waals surface area contributed by atoms with E-state index in [-0.39, 0.29) is 0 Å². The first-order valence-corrected chi connectivity index (χ1v) is 6.22. The van der Waals surface area contributed by atoms with Crippen molar-refractivity contribution in [2.24, 2.45) is 0 Å². The first kappa shape index (κ1) is 12.3. The SMILES string of the molecule is CCC(CC#N)c1cccc(-c2ccncc2)c1. The van der Waals surface area contributed by atoms with Crippen LogP contribution >= 0.6 is 0 Å². The smallest absolute Gasteiger partial charge is 0.0628 e. The highest BCUT2D eigenvalue weighted by atomic mass is 14.6. The van der Waals surface area contributed by atoms with Gasteiger partial charge >= 0.3 is 0 Å². The van der Waals surface area contributed by atoms with Gasteiger partial charge < -0.3 is 0 Å². The Morgan fingerprint density at radius 2 is 1.94 bits per heavy atom. The van der Waals surface area contributed by atoms with E-state index in [0.717, 1.165) is 6.42 Å². The van der Waals surface area contributed by atoms with E-state index in [9.17, 15) is 0 Å². The van der Waals surface area contributed by atoms with Gasteiger partial charge in [-0.1, -0.05) is 31.2 Å². The largest absolute Gasteiger partial charge is 0.265 e. The van der Waals surface area contributed by atoms with E-state index < -0.39 is 0 Å². The van der Waals surface area contributed by atoms with Gasteiger partial charge in [-0.3, -0.25) is 4.98 Å². The van der Waals surface area contributed by atoms with E-state index in [1.54, 1.807) is 12.4 Å². The average molecular weight is 236 g/mol. The third-order valence-corrected chi connectivity index (χ3v) is 3.20. The number of rotatable bonds is 4. The Hall–Kier alpha value is -2.14. The molecule has 0 aliphatic heterocycles. The van der Waals surface area contributed by atoms with Crippen LogP contribution < -0.4 is 0 Å². The van der Waals surface area contributed by atoms with Gasteiger partial charge in [0.1, 0.15) is 0 Å². The Kier molecular flexibility index (Phi) is 4.09. The van der Waals surface area contributed by atoms with Crippen LogP contribution in [-0.4, -0.2) is 4.98 Å². The second-order valence-electron chi connectivity index (χ2n) is 4.33. The molecule has 0 saturated heterocycles. The van der Waals surface area contributed by atoms with Crippen LogP contribution in [0.5, 0.6) is 0 Å². The molecule has 1 aromatic heterocycles. The third-order valence-electron chi connectivity index (χ3n) is 3.20. The monoisotopic (exact) mass is 236 g/mol. The lowest BCUT2D eigenvalue weighted by atomic mass is 9.91. The molecule has 1 atom stereocenters. The van der Waals surface area contributed by atoms with Crippen LogP contribution in [-0.2, 0) is 0 Å². The molecule has 0 saturated carbocycles. The normalized spacial score (nSPS) is 11.8. The zero-order chi connectivity index (χ0) is 12.8. The molecule has 2 heteroatoms. The van der Waals surface area contributed by atoms with Crippen molar-refractivity contribution in [3.05, 3.63) is 54.4 Å². The number of benzene rings is 1. The van der Waals surface area contributed by atoms with Crippen molar-refractivity contribution in [2.75, 3.05) is 0 Å². The van der Waals surface area contributed by atoms with Crippen LogP contribution in [0.25, 0.3) is 11.1 Å². The minimum atomic E-state index is 0.330. The molecule has 0 radical (unpaired) electrons. The summed E-state index contributed by atoms with van der Waals surface area (Å²) in [5, 5.41) is 8.86. The number of nitriles is 1. The molecule has 2 aromatic rings. The molecule has 1 heterocycles. The van der Waals surface area contributed by atoms with Crippen LogP contribution in [0, 0.1) is 11.3 Å². The van der Waals surface area contributed by atoms with Crippen LogP contribution in [0.2, 0.25) is 0 Å². The van der Waals surface area contributed by atoms with E-state index in [1.807, 2.05) is 12.1 Å². The molecule has 0 bridgehead atoms. The van der Waals surface area contributed by atoms with Crippen LogP contribution in [0.1, 0.15) is 31.2 Å². The van der Waals surface area contributed by atoms with E-state index >= 15 is 0 Å². The molecule has 0 N–H and O–H groups in total. The topological polar surface area (TPSA) is 36.7 Å². The van der Waals surface area contributed by atoms with Gasteiger partial charge in [-0.25, -0.2) is 0 Å². The lowest BCUT2D eigenvalue weighted by molar-refractivity contribution is 0.681. The fourth-order valence-corrected chi connectivity index (χ4v) is 2.12. The van der Waals surface area contributed by atoms with Gasteiger partial charge in [-0.2, -0.15) is 5.26 Å². The lowest BCUT2D eigenvalue weighted by Crippen LogP contribution is -1.96. The van der Waals surface area contributed by atoms with Crippen LogP contribution in [0.15, 0.2) is 48.8 Å². The number of pyridine rings is 1. The second-order valence-corrected chi connectivity index (χ2v) is 4.33. The molecular formula is C16H16N2. The first-order valence-electron chi connectivity index (χ1n) is 6.22. The van der Waals surface area contributed by atoms with Gasteiger partial charge in [-0.15, -0.1) is 0 Å². The average Bonchev–Trinajstić information content (AvgIpc) is 2.46. The molecule has 0 aliphatic rings. The molecule has 1 unspecified atom stereocenters. The van der Waals surface area contributed by atoms with Crippen molar-refractivity contribution in [3.8, 4) is 17.2 Å². The van der Waals surface area contributed by atoms with E-state index in [0.29, 0.717) is 12.3 Å². The predicted molar refractivity (Wildman–Crippen MR) is 72.9 cm³/mol. The fraction of sp³-hybridized carbons (Fsp3) is 0.250. The standard InChI is InChI=1S/C16H16N2/c1-2-13(6-9-17)15-4-3-5-16(12-15)14-7-10-18-11-8-14/h3-5,7-8,10-13H,2,6H2,1H3. The van der Waals surface area contributed by atoms with Gasteiger partial charge in [-0.05, 0) is 41.2 Å². The van der Waals surface area contributed by atoms with Crippen molar-refractivity contribution in [3.63, 3.8) is 0 Å². The first-order chi connectivity index (χ1) is 8.85. The van der Waals surface area contributed by atoms with E-state index in [2.05, 4.69) is 42.2 Å². The summed E-state index contributed by atoms with van der Waals surface area (Å²) in [5.74, 6) is 0.330. The zero-order valence-corrected chi connectivity index (χ0v) is 10.5. The highest BCUT2D eigenvalue weighted by Crippen LogP contribution is 2.27. The van der Waals surface area contributed by atoms with Crippen molar-refractivity contribution in [1.82, 2.24) is 4.98 Å². The Morgan fingerprint density at radius 3 is 2.61 bits per heavy atom. The van der Waals surface area contributed by atoms with Crippen molar-refractivity contribution < 1.29 is 0 Å². The fourth-order valence-electron chi connectivity index (χ4n) is 2.12. The summed E-state index contributed by atoms with van der Waals surface area (Å²) in [6.45, 7) is 2.13. The van der Waals surface area contributed by atoms with Gasteiger partial charge in [0.15, 0.2) is 0 Å². The van der Waals surface area contributed by atoms with Crippen molar-refractivity contribution in [1.29, 1.82) is 5.26 Å². The molecule has 90 valence electrons. The summed E-state index contributed by atoms with van der Waals surface area (Å²) in [6.07, 6.45) is 5.17. The molecular weight excluding hydrogens is 220 g/mol. The third kappa shape index (κ3) is 2.75. The number of hydrogen-bond acceptors (Lipinski definition) is 2. The van der Waals surface area contributed by atoms with Crippen LogP contribution in [0.3, 0.4) is 0 Å². The molecule has 0 spiro atoms. The van der Waals surface area contributed by atoms with E-state index in [4.69, 9.17) is 5.26 Å². The van der Waals surface area contributed by atoms with Crippen molar-refractivity contribution >= 4 is 0 Å². The van der Waals surface area contributed by atoms with Gasteiger partial charge in [0, 0.05) is 18.8 Å². The highest BCUT2D eigenvalue weighted by Gasteiger charge is 2.09. The maximum atomic E-state index is 8.86. The number of hydrogen-bond donors (Lipinski definition) is 0. The summed E-state index contributed by atoms with van der Waals surface area (Å²) in [7, 11) is 0. The minimum Gasteiger partial charge on any atom is -0.265 e. The summed E-state index contributed by atoms with van der Waals surface area (Å²) in [6, 6.07) is 14.7. The van der Waals surface area contributed by atoms with E-state index in [1.165, 1.54) is 16.7 Å². The van der Waals surface area contributed by atoms with Crippen LogP contribution in [0.4, 0.5) is 0 Å². The second kappa shape index (κ2) is 5.97. The number of aromatic nitrogens is 1. The molecule has 2 nitrogen and oxygen atoms in total. The maximum Gasteiger partial charge on any atom is 0.0628 e. The molecule has 1 aromatic carbocycles. The molecule has 18 heavy (non-hydrogen) atoms. The summed E-state index contributed by atoms with van der Waals surface area (Å²) in [5.41, 5.74) is 3.60. The minimum absolute atomic E-state index is 0.330. The quantitative estimate of drug-likeness (QED) is 0.799. The van der Waals surface area contributed by atoms with Gasteiger partial charge in [0.2, 0.25) is 0 Å². The summed E-state index contributed by atoms with van der Waals surface area (Å²) >= 11 is 0. The highest BCUT2D eigenvalue weighted by molar-refractivity contribution is 5.63. The molecule has 0 amide bonds. The Bertz CT molecular complexity index is 541. The summed E-state index contributed by atoms with van der Waals surface area (Å²) < 4.78 is 0. The zero-order valence-electron chi connectivity index (χ0n) is 10.5.